The number of amides is 1. The van der Waals surface area contributed by atoms with Crippen LogP contribution in [0.4, 0.5) is 5.69 Å². The minimum absolute atomic E-state index is 0.338. The molecule has 2 aromatic rings. The van der Waals surface area contributed by atoms with Gasteiger partial charge in [0, 0.05) is 5.56 Å². The maximum Gasteiger partial charge on any atom is 0.286 e. The molecule has 0 spiro atoms. The number of hydrogen-bond donors (Lipinski definition) is 0. The van der Waals surface area contributed by atoms with E-state index in [1.54, 1.807) is 12.1 Å². The summed E-state index contributed by atoms with van der Waals surface area (Å²) in [5.74, 6) is -0.338. The van der Waals surface area contributed by atoms with Gasteiger partial charge >= 0.3 is 0 Å². The zero-order valence-corrected chi connectivity index (χ0v) is 10.00. The Bertz CT molecular complexity index is 594. The van der Waals surface area contributed by atoms with Crippen molar-refractivity contribution in [1.29, 1.82) is 0 Å². The average Bonchev–Trinajstić information content (AvgIpc) is 2.40. The van der Waals surface area contributed by atoms with E-state index in [9.17, 15) is 4.79 Å². The summed E-state index contributed by atoms with van der Waals surface area (Å²) in [7, 11) is 0. The van der Waals surface area contributed by atoms with Crippen molar-refractivity contribution in [3.05, 3.63) is 65.7 Å². The van der Waals surface area contributed by atoms with Crippen molar-refractivity contribution in [2.75, 3.05) is 0 Å². The summed E-state index contributed by atoms with van der Waals surface area (Å²) < 4.78 is 0. The van der Waals surface area contributed by atoms with Crippen LogP contribution >= 0.6 is 0 Å². The second kappa shape index (κ2) is 5.71. The van der Waals surface area contributed by atoms with E-state index in [1.165, 1.54) is 0 Å². The lowest BCUT2D eigenvalue weighted by atomic mass is 10.1. The highest BCUT2D eigenvalue weighted by Crippen LogP contribution is 2.08. The van der Waals surface area contributed by atoms with Crippen molar-refractivity contribution in [3.8, 4) is 0 Å². The summed E-state index contributed by atoms with van der Waals surface area (Å²) in [5.41, 5.74) is 2.36. The Labute approximate surface area is 106 Å². The van der Waals surface area contributed by atoms with Crippen molar-refractivity contribution in [2.45, 2.75) is 6.92 Å². The first-order valence-corrected chi connectivity index (χ1v) is 5.58. The normalized spacial score (nSPS) is 9.39. The summed E-state index contributed by atoms with van der Waals surface area (Å²) in [6, 6.07) is 18.9. The maximum atomic E-state index is 11.7. The minimum atomic E-state index is -0.338. The van der Waals surface area contributed by atoms with Crippen LogP contribution in [0.3, 0.4) is 0 Å². The maximum absolute atomic E-state index is 11.7. The van der Waals surface area contributed by atoms with Crippen molar-refractivity contribution < 1.29 is 4.79 Å². The lowest BCUT2D eigenvalue weighted by molar-refractivity contribution is 0.100. The quantitative estimate of drug-likeness (QED) is 0.734. The Morgan fingerprint density at radius 3 is 2.33 bits per heavy atom. The molecular weight excluding hydrogens is 224 g/mol. The van der Waals surface area contributed by atoms with E-state index in [2.05, 4.69) is 16.0 Å². The molecule has 0 radical (unpaired) electrons. The van der Waals surface area contributed by atoms with Gasteiger partial charge in [0.2, 0.25) is 0 Å². The van der Waals surface area contributed by atoms with Gasteiger partial charge in [-0.15, -0.1) is 4.99 Å². The molecule has 0 aromatic heterocycles. The average molecular weight is 236 g/mol. The molecule has 0 atom stereocenters. The number of carbonyl (C=O) groups excluding carboxylic acids is 1. The smallest absolute Gasteiger partial charge is 0.266 e. The van der Waals surface area contributed by atoms with E-state index in [-0.39, 0.29) is 5.91 Å². The van der Waals surface area contributed by atoms with Gasteiger partial charge < -0.3 is 0 Å². The number of nitrogens with zero attached hydrogens (tertiary/aromatic N) is 2. The van der Waals surface area contributed by atoms with Crippen LogP contribution in [0, 0.1) is 6.92 Å². The first kappa shape index (κ1) is 12.0. The third kappa shape index (κ3) is 3.24. The lowest BCUT2D eigenvalue weighted by Gasteiger charge is -1.94. The number of aryl methyl sites for hydroxylation is 1. The second-order valence-electron chi connectivity index (χ2n) is 3.83. The largest absolute Gasteiger partial charge is 0.286 e. The Morgan fingerprint density at radius 1 is 1.00 bits per heavy atom. The number of benzene rings is 2. The molecular formula is C15H12N2O. The number of aliphatic imine (C=N–C) groups is 2. The van der Waals surface area contributed by atoms with Crippen LogP contribution in [-0.4, -0.2) is 11.9 Å². The summed E-state index contributed by atoms with van der Waals surface area (Å²) >= 11 is 0. The summed E-state index contributed by atoms with van der Waals surface area (Å²) in [4.78, 5) is 19.3. The van der Waals surface area contributed by atoms with Gasteiger partial charge in [0.1, 0.15) is 6.01 Å². The fourth-order valence-electron chi connectivity index (χ4n) is 1.39. The van der Waals surface area contributed by atoms with Gasteiger partial charge in [-0.25, -0.2) is 0 Å². The molecule has 0 aliphatic heterocycles. The summed E-state index contributed by atoms with van der Waals surface area (Å²) in [6.07, 6.45) is 0. The van der Waals surface area contributed by atoms with E-state index >= 15 is 0 Å². The van der Waals surface area contributed by atoms with Crippen LogP contribution < -0.4 is 0 Å². The molecule has 0 bridgehead atoms. The molecule has 0 heterocycles. The molecule has 0 saturated heterocycles. The van der Waals surface area contributed by atoms with Gasteiger partial charge in [0.05, 0.1) is 5.69 Å². The third-order valence-electron chi connectivity index (χ3n) is 2.39. The van der Waals surface area contributed by atoms with Crippen molar-refractivity contribution in [1.82, 2.24) is 0 Å². The van der Waals surface area contributed by atoms with Crippen molar-refractivity contribution in [3.63, 3.8) is 0 Å². The predicted molar refractivity (Wildman–Crippen MR) is 71.5 cm³/mol. The third-order valence-corrected chi connectivity index (χ3v) is 2.39. The highest BCUT2D eigenvalue weighted by Gasteiger charge is 2.01. The number of carbonyl (C=O) groups is 1. The van der Waals surface area contributed by atoms with Gasteiger partial charge in [0.15, 0.2) is 0 Å². The minimum Gasteiger partial charge on any atom is -0.266 e. The predicted octanol–water partition coefficient (Wildman–Crippen LogP) is 3.64. The summed E-state index contributed by atoms with van der Waals surface area (Å²) in [6.45, 7) is 1.97. The molecule has 1 amide bonds. The Balaban J connectivity index is 2.12. The van der Waals surface area contributed by atoms with E-state index in [4.69, 9.17) is 0 Å². The molecule has 0 aliphatic carbocycles. The molecule has 0 N–H and O–H groups in total. The first-order chi connectivity index (χ1) is 8.75. The molecule has 3 heteroatoms. The van der Waals surface area contributed by atoms with Crippen LogP contribution in [-0.2, 0) is 0 Å². The van der Waals surface area contributed by atoms with E-state index in [1.807, 2.05) is 49.4 Å². The fourth-order valence-corrected chi connectivity index (χ4v) is 1.39. The number of para-hydroxylation sites is 1. The van der Waals surface area contributed by atoms with Gasteiger partial charge in [0.25, 0.3) is 5.91 Å². The highest BCUT2D eigenvalue weighted by atomic mass is 16.1. The fraction of sp³-hybridized carbons (Fsp3) is 0.0667. The molecule has 2 aromatic carbocycles. The molecule has 2 rings (SSSR count). The van der Waals surface area contributed by atoms with E-state index < -0.39 is 0 Å². The lowest BCUT2D eigenvalue weighted by Crippen LogP contribution is -1.93. The Hall–Kier alpha value is -2.51. The molecule has 88 valence electrons. The zero-order valence-electron chi connectivity index (χ0n) is 10.00. The molecule has 0 unspecified atom stereocenters. The van der Waals surface area contributed by atoms with Crippen molar-refractivity contribution in [2.24, 2.45) is 9.98 Å². The monoisotopic (exact) mass is 236 g/mol. The van der Waals surface area contributed by atoms with Crippen LogP contribution in [0.2, 0.25) is 0 Å². The highest BCUT2D eigenvalue weighted by molar-refractivity contribution is 5.97. The van der Waals surface area contributed by atoms with Crippen LogP contribution in [0.15, 0.2) is 64.6 Å². The van der Waals surface area contributed by atoms with Crippen LogP contribution in [0.5, 0.6) is 0 Å². The number of rotatable bonds is 2. The van der Waals surface area contributed by atoms with Gasteiger partial charge in [-0.1, -0.05) is 35.9 Å². The Kier molecular flexibility index (Phi) is 3.79. The Morgan fingerprint density at radius 2 is 1.67 bits per heavy atom. The van der Waals surface area contributed by atoms with E-state index in [0.717, 1.165) is 11.3 Å². The van der Waals surface area contributed by atoms with Gasteiger partial charge in [-0.05, 0) is 31.2 Å². The first-order valence-electron chi connectivity index (χ1n) is 5.58. The van der Waals surface area contributed by atoms with Crippen LogP contribution in [0.25, 0.3) is 0 Å². The van der Waals surface area contributed by atoms with Crippen molar-refractivity contribution >= 4 is 17.6 Å². The molecule has 0 aliphatic rings. The zero-order chi connectivity index (χ0) is 12.8. The standard InChI is InChI=1S/C15H12N2O/c1-12-7-9-13(10-8-12)15(18)17-11-16-14-5-3-2-4-6-14/h2-10H,1H3. The molecule has 0 saturated carbocycles. The number of hydrogen-bond acceptors (Lipinski definition) is 2. The molecule has 18 heavy (non-hydrogen) atoms. The molecule has 0 fully saturated rings. The second-order valence-corrected chi connectivity index (χ2v) is 3.83. The summed E-state index contributed by atoms with van der Waals surface area (Å²) in [5, 5.41) is 0. The van der Waals surface area contributed by atoms with E-state index in [0.29, 0.717) is 5.56 Å². The van der Waals surface area contributed by atoms with Gasteiger partial charge in [-0.2, -0.15) is 4.99 Å². The topological polar surface area (TPSA) is 41.8 Å². The van der Waals surface area contributed by atoms with Gasteiger partial charge in [-0.3, -0.25) is 4.79 Å². The molecule has 3 nitrogen and oxygen atoms in total. The van der Waals surface area contributed by atoms with Crippen LogP contribution in [0.1, 0.15) is 15.9 Å². The SMILES string of the molecule is Cc1ccc(C(=O)N=C=Nc2ccccc2)cc1.